The minimum Gasteiger partial charge on any atom is -0.322 e. The van der Waals surface area contributed by atoms with E-state index in [9.17, 15) is 9.59 Å². The van der Waals surface area contributed by atoms with Crippen LogP contribution in [0.15, 0.2) is 57.8 Å². The van der Waals surface area contributed by atoms with Crippen LogP contribution in [0.3, 0.4) is 0 Å². The van der Waals surface area contributed by atoms with E-state index in [2.05, 4.69) is 26.2 Å². The van der Waals surface area contributed by atoms with Gasteiger partial charge in [-0.25, -0.2) is 0 Å². The van der Waals surface area contributed by atoms with Crippen molar-refractivity contribution < 1.29 is 4.79 Å². The lowest BCUT2D eigenvalue weighted by molar-refractivity contribution is 0.102. The zero-order chi connectivity index (χ0) is 15.7. The highest BCUT2D eigenvalue weighted by Gasteiger charge is 2.10. The number of aromatic amines is 1. The minimum atomic E-state index is -0.207. The number of anilines is 1. The second-order valence-electron chi connectivity index (χ2n) is 5.01. The number of halogens is 1. The van der Waals surface area contributed by atoms with Crippen LogP contribution >= 0.6 is 15.9 Å². The van der Waals surface area contributed by atoms with Crippen LogP contribution in [0.25, 0.3) is 10.9 Å². The molecule has 0 radical (unpaired) electrons. The second kappa shape index (κ2) is 5.77. The Hall–Kier alpha value is -2.40. The molecule has 0 unspecified atom stereocenters. The van der Waals surface area contributed by atoms with E-state index in [0.717, 1.165) is 15.4 Å². The van der Waals surface area contributed by atoms with E-state index >= 15 is 0 Å². The summed E-state index contributed by atoms with van der Waals surface area (Å²) >= 11 is 3.36. The molecule has 0 fully saturated rings. The number of hydrogen-bond acceptors (Lipinski definition) is 2. The third-order valence-corrected chi connectivity index (χ3v) is 4.12. The molecule has 1 heterocycles. The van der Waals surface area contributed by atoms with Crippen molar-refractivity contribution in [3.8, 4) is 0 Å². The number of aryl methyl sites for hydroxylation is 1. The topological polar surface area (TPSA) is 62.0 Å². The molecule has 0 aliphatic rings. The summed E-state index contributed by atoms with van der Waals surface area (Å²) in [6.07, 6.45) is 0. The zero-order valence-electron chi connectivity index (χ0n) is 11.8. The number of H-pyrrole nitrogens is 1. The lowest BCUT2D eigenvalue weighted by Crippen LogP contribution is -2.13. The number of aromatic nitrogens is 1. The van der Waals surface area contributed by atoms with Gasteiger partial charge in [0.25, 0.3) is 5.91 Å². The predicted molar refractivity (Wildman–Crippen MR) is 91.4 cm³/mol. The Morgan fingerprint density at radius 2 is 1.91 bits per heavy atom. The molecule has 1 amide bonds. The van der Waals surface area contributed by atoms with Crippen LogP contribution in [0, 0.1) is 6.92 Å². The maximum absolute atomic E-state index is 12.3. The van der Waals surface area contributed by atoms with Gasteiger partial charge in [0.1, 0.15) is 0 Å². The number of amides is 1. The molecule has 22 heavy (non-hydrogen) atoms. The highest BCUT2D eigenvalue weighted by molar-refractivity contribution is 9.10. The van der Waals surface area contributed by atoms with Gasteiger partial charge in [-0.3, -0.25) is 9.59 Å². The number of fused-ring (bicyclic) bond motifs is 1. The van der Waals surface area contributed by atoms with Gasteiger partial charge < -0.3 is 10.3 Å². The monoisotopic (exact) mass is 356 g/mol. The number of carbonyl (C=O) groups is 1. The van der Waals surface area contributed by atoms with Crippen molar-refractivity contribution in [1.82, 2.24) is 4.98 Å². The van der Waals surface area contributed by atoms with E-state index in [4.69, 9.17) is 0 Å². The van der Waals surface area contributed by atoms with Crippen molar-refractivity contribution >= 4 is 38.4 Å². The van der Waals surface area contributed by atoms with Gasteiger partial charge in [-0.05, 0) is 52.7 Å². The van der Waals surface area contributed by atoms with Crippen molar-refractivity contribution in [2.45, 2.75) is 6.92 Å². The summed E-state index contributed by atoms with van der Waals surface area (Å²) in [5.74, 6) is -0.207. The molecule has 0 aliphatic heterocycles. The summed E-state index contributed by atoms with van der Waals surface area (Å²) in [5.41, 5.74) is 2.64. The van der Waals surface area contributed by atoms with E-state index < -0.39 is 0 Å². The van der Waals surface area contributed by atoms with E-state index in [1.807, 2.05) is 31.2 Å². The number of carbonyl (C=O) groups excluding carboxylic acids is 1. The molecular formula is C17H13BrN2O2. The molecule has 0 saturated heterocycles. The van der Waals surface area contributed by atoms with Crippen LogP contribution in [0.1, 0.15) is 15.9 Å². The number of pyridine rings is 1. The van der Waals surface area contributed by atoms with Gasteiger partial charge in [-0.15, -0.1) is 0 Å². The van der Waals surface area contributed by atoms with Crippen LogP contribution in [0.5, 0.6) is 0 Å². The first-order valence-electron chi connectivity index (χ1n) is 6.74. The summed E-state index contributed by atoms with van der Waals surface area (Å²) < 4.78 is 0.734. The number of nitrogens with one attached hydrogen (secondary N) is 2. The Bertz CT molecular complexity index is 931. The molecule has 110 valence electrons. The first-order chi connectivity index (χ1) is 10.5. The lowest BCUT2D eigenvalue weighted by atomic mass is 10.1. The van der Waals surface area contributed by atoms with Crippen molar-refractivity contribution in [3.63, 3.8) is 0 Å². The Balaban J connectivity index is 1.96. The van der Waals surface area contributed by atoms with Gasteiger partial charge in [0.2, 0.25) is 5.56 Å². The summed E-state index contributed by atoms with van der Waals surface area (Å²) in [4.78, 5) is 26.6. The van der Waals surface area contributed by atoms with Crippen LogP contribution in [-0.2, 0) is 0 Å². The SMILES string of the molecule is Cc1cc(=O)[nH]c2cc(NC(=O)c3ccccc3Br)ccc12. The van der Waals surface area contributed by atoms with E-state index in [1.165, 1.54) is 0 Å². The van der Waals surface area contributed by atoms with Crippen molar-refractivity contribution in [2.24, 2.45) is 0 Å². The minimum absolute atomic E-state index is 0.153. The van der Waals surface area contributed by atoms with Crippen LogP contribution in [0.2, 0.25) is 0 Å². The van der Waals surface area contributed by atoms with Gasteiger partial charge >= 0.3 is 0 Å². The molecule has 0 atom stereocenters. The molecule has 2 aromatic carbocycles. The molecular weight excluding hydrogens is 344 g/mol. The fraction of sp³-hybridized carbons (Fsp3) is 0.0588. The van der Waals surface area contributed by atoms with Gasteiger partial charge in [0.05, 0.1) is 11.1 Å². The van der Waals surface area contributed by atoms with Crippen molar-refractivity contribution in [1.29, 1.82) is 0 Å². The van der Waals surface area contributed by atoms with Gasteiger partial charge in [-0.1, -0.05) is 18.2 Å². The third-order valence-electron chi connectivity index (χ3n) is 3.43. The van der Waals surface area contributed by atoms with Crippen LogP contribution < -0.4 is 10.9 Å². The number of hydrogen-bond donors (Lipinski definition) is 2. The summed E-state index contributed by atoms with van der Waals surface area (Å²) in [6.45, 7) is 1.89. The fourth-order valence-electron chi connectivity index (χ4n) is 2.36. The second-order valence-corrected chi connectivity index (χ2v) is 5.87. The molecule has 2 N–H and O–H groups in total. The normalized spacial score (nSPS) is 10.6. The molecule has 3 aromatic rings. The lowest BCUT2D eigenvalue weighted by Gasteiger charge is -2.08. The van der Waals surface area contributed by atoms with Crippen molar-refractivity contribution in [3.05, 3.63) is 74.5 Å². The first kappa shape index (κ1) is 14.5. The molecule has 3 rings (SSSR count). The number of benzene rings is 2. The molecule has 5 heteroatoms. The first-order valence-corrected chi connectivity index (χ1v) is 7.53. The highest BCUT2D eigenvalue weighted by atomic mass is 79.9. The summed E-state index contributed by atoms with van der Waals surface area (Å²) in [7, 11) is 0. The Labute approximate surface area is 135 Å². The molecule has 0 saturated carbocycles. The van der Waals surface area contributed by atoms with Crippen molar-refractivity contribution in [2.75, 3.05) is 5.32 Å². The standard InChI is InChI=1S/C17H13BrN2O2/c1-10-8-16(21)20-15-9-11(6-7-12(10)15)19-17(22)13-4-2-3-5-14(13)18/h2-9H,1H3,(H,19,22)(H,20,21). The Kier molecular flexibility index (Phi) is 3.81. The molecule has 1 aromatic heterocycles. The maximum atomic E-state index is 12.3. The van der Waals surface area contributed by atoms with E-state index in [1.54, 1.807) is 24.3 Å². The molecule has 0 spiro atoms. The largest absolute Gasteiger partial charge is 0.322 e. The molecule has 0 bridgehead atoms. The maximum Gasteiger partial charge on any atom is 0.256 e. The summed E-state index contributed by atoms with van der Waals surface area (Å²) in [6, 6.07) is 14.2. The van der Waals surface area contributed by atoms with Crippen LogP contribution in [0.4, 0.5) is 5.69 Å². The fourth-order valence-corrected chi connectivity index (χ4v) is 2.82. The third kappa shape index (κ3) is 2.80. The average molecular weight is 357 g/mol. The Morgan fingerprint density at radius 1 is 1.14 bits per heavy atom. The van der Waals surface area contributed by atoms with E-state index in [0.29, 0.717) is 16.8 Å². The van der Waals surface area contributed by atoms with Crippen LogP contribution in [-0.4, -0.2) is 10.9 Å². The zero-order valence-corrected chi connectivity index (χ0v) is 13.4. The average Bonchev–Trinajstić information content (AvgIpc) is 2.47. The van der Waals surface area contributed by atoms with E-state index in [-0.39, 0.29) is 11.5 Å². The Morgan fingerprint density at radius 3 is 2.68 bits per heavy atom. The van der Waals surface area contributed by atoms with Gasteiger partial charge in [0.15, 0.2) is 0 Å². The smallest absolute Gasteiger partial charge is 0.256 e. The van der Waals surface area contributed by atoms with Gasteiger partial charge in [-0.2, -0.15) is 0 Å². The predicted octanol–water partition coefficient (Wildman–Crippen LogP) is 3.85. The quantitative estimate of drug-likeness (QED) is 0.732. The van der Waals surface area contributed by atoms with Gasteiger partial charge in [0, 0.05) is 21.6 Å². The summed E-state index contributed by atoms with van der Waals surface area (Å²) in [5, 5.41) is 3.80. The highest BCUT2D eigenvalue weighted by Crippen LogP contribution is 2.21. The molecule has 4 nitrogen and oxygen atoms in total. The number of rotatable bonds is 2. The molecule has 0 aliphatic carbocycles.